The van der Waals surface area contributed by atoms with Gasteiger partial charge in [-0.2, -0.15) is 10.4 Å². The maximum Gasteiger partial charge on any atom is 0.413 e. The molecule has 2 aromatic rings. The van der Waals surface area contributed by atoms with Gasteiger partial charge in [0.05, 0.1) is 0 Å². The van der Waals surface area contributed by atoms with Gasteiger partial charge in [-0.05, 0) is 34.6 Å². The second-order valence-electron chi connectivity index (χ2n) is 6.72. The van der Waals surface area contributed by atoms with Crippen LogP contribution in [0.1, 0.15) is 46.2 Å². The number of hydrogen-bond acceptors (Lipinski definition) is 4. The molecule has 0 atom stereocenters. The lowest BCUT2D eigenvalue weighted by Crippen LogP contribution is -2.28. The van der Waals surface area contributed by atoms with E-state index in [1.165, 1.54) is 0 Å². The maximum atomic E-state index is 12.1. The number of nitrogens with zero attached hydrogens (tertiary/aromatic N) is 3. The molecule has 0 aliphatic rings. The van der Waals surface area contributed by atoms with Gasteiger partial charge in [-0.15, -0.1) is 0 Å². The quantitative estimate of drug-likeness (QED) is 0.909. The van der Waals surface area contributed by atoms with Crippen molar-refractivity contribution in [1.82, 2.24) is 9.78 Å². The van der Waals surface area contributed by atoms with Gasteiger partial charge in [0, 0.05) is 11.6 Å². The molecule has 0 saturated carbocycles. The van der Waals surface area contributed by atoms with Gasteiger partial charge >= 0.3 is 6.09 Å². The van der Waals surface area contributed by atoms with E-state index in [2.05, 4.69) is 16.5 Å². The minimum atomic E-state index is -0.623. The lowest BCUT2D eigenvalue weighted by molar-refractivity contribution is 0.0634. The zero-order valence-corrected chi connectivity index (χ0v) is 14.6. The third kappa shape index (κ3) is 3.93. The van der Waals surface area contributed by atoms with Gasteiger partial charge in [0.2, 0.25) is 0 Å². The van der Waals surface area contributed by atoms with Crippen LogP contribution in [0.3, 0.4) is 0 Å². The number of nitrogens with one attached hydrogen (secondary N) is 1. The van der Waals surface area contributed by atoms with Gasteiger partial charge in [0.25, 0.3) is 0 Å². The summed E-state index contributed by atoms with van der Waals surface area (Å²) in [5.74, 6) is 0.348. The fourth-order valence-corrected chi connectivity index (χ4v) is 2.23. The van der Waals surface area contributed by atoms with E-state index in [0.29, 0.717) is 17.1 Å². The number of rotatable bonds is 3. The van der Waals surface area contributed by atoms with E-state index in [-0.39, 0.29) is 6.04 Å². The topological polar surface area (TPSA) is 79.9 Å². The third-order valence-electron chi connectivity index (χ3n) is 3.18. The molecule has 0 aliphatic carbocycles. The monoisotopic (exact) mass is 326 g/mol. The highest BCUT2D eigenvalue weighted by Crippen LogP contribution is 2.30. The first-order chi connectivity index (χ1) is 11.2. The summed E-state index contributed by atoms with van der Waals surface area (Å²) in [7, 11) is 0. The van der Waals surface area contributed by atoms with E-state index in [4.69, 9.17) is 4.74 Å². The molecule has 1 heterocycles. The average molecular weight is 326 g/mol. The zero-order valence-electron chi connectivity index (χ0n) is 14.6. The van der Waals surface area contributed by atoms with Crippen LogP contribution in [-0.2, 0) is 4.74 Å². The van der Waals surface area contributed by atoms with Crippen LogP contribution in [0.2, 0.25) is 0 Å². The molecule has 0 fully saturated rings. The van der Waals surface area contributed by atoms with Crippen LogP contribution in [0.25, 0.3) is 11.3 Å². The number of anilines is 1. The van der Waals surface area contributed by atoms with E-state index in [0.717, 1.165) is 5.56 Å². The molecular weight excluding hydrogens is 304 g/mol. The van der Waals surface area contributed by atoms with Crippen molar-refractivity contribution in [2.75, 3.05) is 5.32 Å². The molecule has 0 unspecified atom stereocenters. The van der Waals surface area contributed by atoms with Crippen LogP contribution in [0, 0.1) is 11.3 Å². The summed E-state index contributed by atoms with van der Waals surface area (Å²) < 4.78 is 6.92. The van der Waals surface area contributed by atoms with Crippen LogP contribution >= 0.6 is 0 Å². The number of hydrogen-bond donors (Lipinski definition) is 1. The van der Waals surface area contributed by atoms with Crippen molar-refractivity contribution < 1.29 is 9.53 Å². The summed E-state index contributed by atoms with van der Waals surface area (Å²) in [5, 5.41) is 16.8. The third-order valence-corrected chi connectivity index (χ3v) is 3.18. The number of amides is 1. The fraction of sp³-hybridized carbons (Fsp3) is 0.389. The largest absolute Gasteiger partial charge is 0.444 e. The van der Waals surface area contributed by atoms with E-state index in [1.54, 1.807) is 25.5 Å². The number of nitriles is 1. The molecule has 0 aliphatic heterocycles. The molecular formula is C18H22N4O2. The van der Waals surface area contributed by atoms with Gasteiger partial charge in [-0.3, -0.25) is 5.32 Å². The Morgan fingerprint density at radius 2 is 1.92 bits per heavy atom. The summed E-state index contributed by atoms with van der Waals surface area (Å²) in [6.45, 7) is 9.22. The van der Waals surface area contributed by atoms with Gasteiger partial charge in [0.15, 0.2) is 5.82 Å². The van der Waals surface area contributed by atoms with Gasteiger partial charge in [-0.1, -0.05) is 30.3 Å². The molecule has 0 bridgehead atoms. The van der Waals surface area contributed by atoms with Crippen molar-refractivity contribution >= 4 is 11.9 Å². The van der Waals surface area contributed by atoms with Crippen molar-refractivity contribution in [3.8, 4) is 17.3 Å². The molecule has 1 amide bonds. The van der Waals surface area contributed by atoms with Crippen molar-refractivity contribution in [3.05, 3.63) is 35.9 Å². The van der Waals surface area contributed by atoms with Crippen LogP contribution < -0.4 is 5.32 Å². The lowest BCUT2D eigenvalue weighted by Gasteiger charge is -2.20. The molecule has 24 heavy (non-hydrogen) atoms. The van der Waals surface area contributed by atoms with Gasteiger partial charge in [-0.25, -0.2) is 9.48 Å². The molecule has 2 rings (SSSR count). The predicted octanol–water partition coefficient (Wildman–Crippen LogP) is 4.35. The summed E-state index contributed by atoms with van der Waals surface area (Å²) in [5.41, 5.74) is 1.06. The SMILES string of the molecule is CC(C)n1nc(-c2ccccc2)c(C#N)c1NC(=O)OC(C)(C)C. The van der Waals surface area contributed by atoms with Crippen molar-refractivity contribution in [1.29, 1.82) is 5.26 Å². The van der Waals surface area contributed by atoms with E-state index in [1.807, 2.05) is 44.2 Å². The van der Waals surface area contributed by atoms with E-state index >= 15 is 0 Å². The fourth-order valence-electron chi connectivity index (χ4n) is 2.23. The highest BCUT2D eigenvalue weighted by atomic mass is 16.6. The minimum Gasteiger partial charge on any atom is -0.444 e. The van der Waals surface area contributed by atoms with Crippen LogP contribution in [0.5, 0.6) is 0 Å². The Morgan fingerprint density at radius 1 is 1.29 bits per heavy atom. The molecule has 6 nitrogen and oxygen atoms in total. The standard InChI is InChI=1S/C18H22N4O2/c1-12(2)22-16(20-17(23)24-18(3,4)5)14(11-19)15(21-22)13-9-7-6-8-10-13/h6-10,12H,1-5H3,(H,20,23). The minimum absolute atomic E-state index is 0.0282. The molecule has 1 aromatic carbocycles. The lowest BCUT2D eigenvalue weighted by atomic mass is 10.1. The Morgan fingerprint density at radius 3 is 2.42 bits per heavy atom. The summed E-state index contributed by atoms with van der Waals surface area (Å²) in [6, 6.07) is 11.5. The normalized spacial score (nSPS) is 11.2. The molecule has 0 radical (unpaired) electrons. The van der Waals surface area contributed by atoms with Crippen LogP contribution in [0.15, 0.2) is 30.3 Å². The molecule has 1 N–H and O–H groups in total. The molecule has 0 saturated heterocycles. The number of carbonyl (C=O) groups is 1. The highest BCUT2D eigenvalue weighted by molar-refractivity contribution is 5.88. The first-order valence-electron chi connectivity index (χ1n) is 7.81. The highest BCUT2D eigenvalue weighted by Gasteiger charge is 2.24. The van der Waals surface area contributed by atoms with E-state index in [9.17, 15) is 10.1 Å². The summed E-state index contributed by atoms with van der Waals surface area (Å²) >= 11 is 0. The summed E-state index contributed by atoms with van der Waals surface area (Å²) in [6.07, 6.45) is -0.611. The van der Waals surface area contributed by atoms with Crippen LogP contribution in [0.4, 0.5) is 10.6 Å². The first kappa shape index (κ1) is 17.5. The number of aromatic nitrogens is 2. The van der Waals surface area contributed by atoms with Gasteiger partial charge in [0.1, 0.15) is 22.9 Å². The Balaban J connectivity index is 2.48. The second-order valence-corrected chi connectivity index (χ2v) is 6.72. The van der Waals surface area contributed by atoms with Crippen LogP contribution in [-0.4, -0.2) is 21.5 Å². The zero-order chi connectivity index (χ0) is 17.9. The number of ether oxygens (including phenoxy) is 1. The second kappa shape index (κ2) is 6.75. The molecule has 6 heteroatoms. The first-order valence-corrected chi connectivity index (χ1v) is 7.81. The maximum absolute atomic E-state index is 12.1. The predicted molar refractivity (Wildman–Crippen MR) is 92.6 cm³/mol. The Labute approximate surface area is 142 Å². The van der Waals surface area contributed by atoms with Crippen molar-refractivity contribution in [2.45, 2.75) is 46.3 Å². The number of carbonyl (C=O) groups excluding carboxylic acids is 1. The van der Waals surface area contributed by atoms with E-state index < -0.39 is 11.7 Å². The van der Waals surface area contributed by atoms with Crippen molar-refractivity contribution in [2.24, 2.45) is 0 Å². The smallest absolute Gasteiger partial charge is 0.413 e. The Hall–Kier alpha value is -2.81. The molecule has 126 valence electrons. The van der Waals surface area contributed by atoms with Gasteiger partial charge < -0.3 is 4.74 Å². The molecule has 1 aromatic heterocycles. The Kier molecular flexibility index (Phi) is 4.93. The van der Waals surface area contributed by atoms with Crippen molar-refractivity contribution in [3.63, 3.8) is 0 Å². The average Bonchev–Trinajstić information content (AvgIpc) is 2.84. The number of benzene rings is 1. The summed E-state index contributed by atoms with van der Waals surface area (Å²) in [4.78, 5) is 12.1. The Bertz CT molecular complexity index is 765. The molecule has 0 spiro atoms.